The Kier molecular flexibility index (Phi) is 4.07. The SMILES string of the molecule is CN(Cc1cnn(C)c1)c1ccc(C(F)(F)F)cc1[N+](=O)[O-]. The lowest BCUT2D eigenvalue weighted by Gasteiger charge is -2.19. The molecule has 1 aromatic carbocycles. The molecular weight excluding hydrogens is 301 g/mol. The van der Waals surface area contributed by atoms with Crippen molar-refractivity contribution in [3.63, 3.8) is 0 Å². The molecule has 0 radical (unpaired) electrons. The summed E-state index contributed by atoms with van der Waals surface area (Å²) in [6.07, 6.45) is -1.30. The van der Waals surface area contributed by atoms with E-state index in [0.29, 0.717) is 12.6 Å². The zero-order valence-corrected chi connectivity index (χ0v) is 11.8. The molecule has 22 heavy (non-hydrogen) atoms. The van der Waals surface area contributed by atoms with E-state index in [2.05, 4.69) is 5.10 Å². The van der Waals surface area contributed by atoms with E-state index in [-0.39, 0.29) is 5.69 Å². The van der Waals surface area contributed by atoms with Crippen molar-refractivity contribution in [3.8, 4) is 0 Å². The number of nitrogens with zero attached hydrogens (tertiary/aromatic N) is 4. The van der Waals surface area contributed by atoms with Crippen LogP contribution in [-0.4, -0.2) is 21.8 Å². The fourth-order valence-corrected chi connectivity index (χ4v) is 2.08. The van der Waals surface area contributed by atoms with Gasteiger partial charge in [0.25, 0.3) is 5.69 Å². The van der Waals surface area contributed by atoms with Crippen LogP contribution in [-0.2, 0) is 19.8 Å². The lowest BCUT2D eigenvalue weighted by Crippen LogP contribution is -2.18. The average molecular weight is 314 g/mol. The van der Waals surface area contributed by atoms with E-state index >= 15 is 0 Å². The number of aromatic nitrogens is 2. The van der Waals surface area contributed by atoms with Gasteiger partial charge in [0.15, 0.2) is 0 Å². The molecule has 9 heteroatoms. The fraction of sp³-hybridized carbons (Fsp3) is 0.308. The molecule has 1 aromatic heterocycles. The number of hydrogen-bond acceptors (Lipinski definition) is 4. The molecule has 0 aliphatic rings. The molecular formula is C13H13F3N4O2. The summed E-state index contributed by atoms with van der Waals surface area (Å²) in [5.74, 6) is 0. The van der Waals surface area contributed by atoms with Gasteiger partial charge in [0, 0.05) is 38.5 Å². The van der Waals surface area contributed by atoms with Crippen LogP contribution >= 0.6 is 0 Å². The van der Waals surface area contributed by atoms with Gasteiger partial charge in [-0.3, -0.25) is 14.8 Å². The molecule has 2 aromatic rings. The third kappa shape index (κ3) is 3.35. The van der Waals surface area contributed by atoms with Crippen molar-refractivity contribution < 1.29 is 18.1 Å². The molecule has 6 nitrogen and oxygen atoms in total. The Labute approximate surface area is 123 Å². The number of alkyl halides is 3. The Morgan fingerprint density at radius 3 is 2.59 bits per heavy atom. The Morgan fingerprint density at radius 2 is 2.09 bits per heavy atom. The van der Waals surface area contributed by atoms with Crippen LogP contribution in [0.1, 0.15) is 11.1 Å². The van der Waals surface area contributed by atoms with E-state index in [1.807, 2.05) is 0 Å². The minimum atomic E-state index is -4.62. The number of aryl methyl sites for hydroxylation is 1. The van der Waals surface area contributed by atoms with Crippen molar-refractivity contribution in [1.82, 2.24) is 9.78 Å². The first-order valence-corrected chi connectivity index (χ1v) is 6.23. The van der Waals surface area contributed by atoms with Crippen molar-refractivity contribution in [3.05, 3.63) is 51.8 Å². The lowest BCUT2D eigenvalue weighted by molar-refractivity contribution is -0.384. The molecule has 0 saturated carbocycles. The molecule has 0 bridgehead atoms. The number of halogens is 3. The normalized spacial score (nSPS) is 11.5. The zero-order valence-electron chi connectivity index (χ0n) is 11.8. The largest absolute Gasteiger partial charge is 0.416 e. The van der Waals surface area contributed by atoms with Crippen LogP contribution in [0.15, 0.2) is 30.6 Å². The first kappa shape index (κ1) is 15.8. The molecule has 0 amide bonds. The van der Waals surface area contributed by atoms with Crippen LogP contribution in [0.3, 0.4) is 0 Å². The fourth-order valence-electron chi connectivity index (χ4n) is 2.08. The number of hydrogen-bond donors (Lipinski definition) is 0. The van der Waals surface area contributed by atoms with Crippen molar-refractivity contribution in [2.45, 2.75) is 12.7 Å². The van der Waals surface area contributed by atoms with Crippen molar-refractivity contribution in [1.29, 1.82) is 0 Å². The van der Waals surface area contributed by atoms with Crippen molar-refractivity contribution >= 4 is 11.4 Å². The number of anilines is 1. The minimum Gasteiger partial charge on any atom is -0.365 e. The minimum absolute atomic E-state index is 0.113. The van der Waals surface area contributed by atoms with Crippen LogP contribution in [0.25, 0.3) is 0 Å². The summed E-state index contributed by atoms with van der Waals surface area (Å²) in [6.45, 7) is 0.292. The molecule has 0 spiro atoms. The third-order valence-corrected chi connectivity index (χ3v) is 3.09. The Bertz CT molecular complexity index is 697. The summed E-state index contributed by atoms with van der Waals surface area (Å²) in [7, 11) is 3.30. The number of benzene rings is 1. The smallest absolute Gasteiger partial charge is 0.365 e. The van der Waals surface area contributed by atoms with Crippen LogP contribution in [0.5, 0.6) is 0 Å². The van der Waals surface area contributed by atoms with E-state index in [1.165, 1.54) is 4.90 Å². The predicted molar refractivity (Wildman–Crippen MR) is 73.4 cm³/mol. The van der Waals surface area contributed by atoms with E-state index in [1.54, 1.807) is 31.2 Å². The van der Waals surface area contributed by atoms with E-state index in [9.17, 15) is 23.3 Å². The highest BCUT2D eigenvalue weighted by Gasteiger charge is 2.33. The summed E-state index contributed by atoms with van der Waals surface area (Å²) in [6, 6.07) is 2.49. The van der Waals surface area contributed by atoms with Crippen LogP contribution < -0.4 is 4.90 Å². The van der Waals surface area contributed by atoms with Gasteiger partial charge in [-0.05, 0) is 12.1 Å². The van der Waals surface area contributed by atoms with Gasteiger partial charge in [-0.25, -0.2) is 0 Å². The third-order valence-electron chi connectivity index (χ3n) is 3.09. The molecule has 118 valence electrons. The maximum Gasteiger partial charge on any atom is 0.416 e. The van der Waals surface area contributed by atoms with Gasteiger partial charge < -0.3 is 4.90 Å². The number of nitro groups is 1. The molecule has 0 aliphatic heterocycles. The van der Waals surface area contributed by atoms with Gasteiger partial charge in [-0.1, -0.05) is 0 Å². The molecule has 0 unspecified atom stereocenters. The molecule has 0 aliphatic carbocycles. The molecule has 1 heterocycles. The molecule has 2 rings (SSSR count). The van der Waals surface area contributed by atoms with E-state index in [0.717, 1.165) is 17.7 Å². The van der Waals surface area contributed by atoms with Crippen LogP contribution in [0.2, 0.25) is 0 Å². The topological polar surface area (TPSA) is 64.2 Å². The van der Waals surface area contributed by atoms with Crippen LogP contribution in [0, 0.1) is 10.1 Å². The summed E-state index contributed by atoms with van der Waals surface area (Å²) < 4.78 is 39.6. The van der Waals surface area contributed by atoms with Crippen LogP contribution in [0.4, 0.5) is 24.5 Å². The number of nitro benzene ring substituents is 1. The lowest BCUT2D eigenvalue weighted by atomic mass is 10.1. The Hall–Kier alpha value is -2.58. The van der Waals surface area contributed by atoms with Gasteiger partial charge in [0.2, 0.25) is 0 Å². The maximum atomic E-state index is 12.7. The van der Waals surface area contributed by atoms with Gasteiger partial charge >= 0.3 is 6.18 Å². The summed E-state index contributed by atoms with van der Waals surface area (Å²) in [4.78, 5) is 11.8. The van der Waals surface area contributed by atoms with Crippen molar-refractivity contribution in [2.75, 3.05) is 11.9 Å². The Morgan fingerprint density at radius 1 is 1.41 bits per heavy atom. The van der Waals surface area contributed by atoms with Gasteiger partial charge in [-0.2, -0.15) is 18.3 Å². The molecule has 0 fully saturated rings. The van der Waals surface area contributed by atoms with E-state index in [4.69, 9.17) is 0 Å². The first-order chi connectivity index (χ1) is 10.2. The average Bonchev–Trinajstić information content (AvgIpc) is 2.82. The van der Waals surface area contributed by atoms with Crippen molar-refractivity contribution in [2.24, 2.45) is 7.05 Å². The highest BCUT2D eigenvalue weighted by Crippen LogP contribution is 2.36. The molecule has 0 N–H and O–H groups in total. The highest BCUT2D eigenvalue weighted by molar-refractivity contribution is 5.64. The van der Waals surface area contributed by atoms with Gasteiger partial charge in [0.1, 0.15) is 5.69 Å². The maximum absolute atomic E-state index is 12.7. The summed E-state index contributed by atoms with van der Waals surface area (Å²) in [5, 5.41) is 15.0. The van der Waals surface area contributed by atoms with Gasteiger partial charge in [-0.15, -0.1) is 0 Å². The predicted octanol–water partition coefficient (Wildman–Crippen LogP) is 2.98. The Balaban J connectivity index is 2.35. The highest BCUT2D eigenvalue weighted by atomic mass is 19.4. The summed E-state index contributed by atoms with van der Waals surface area (Å²) in [5.41, 5.74) is -0.722. The second kappa shape index (κ2) is 5.66. The summed E-state index contributed by atoms with van der Waals surface area (Å²) >= 11 is 0. The number of rotatable bonds is 4. The quantitative estimate of drug-likeness (QED) is 0.643. The monoisotopic (exact) mass is 314 g/mol. The van der Waals surface area contributed by atoms with Gasteiger partial charge in [0.05, 0.1) is 16.7 Å². The second-order valence-corrected chi connectivity index (χ2v) is 4.84. The molecule has 0 atom stereocenters. The standard InChI is InChI=1S/C13H13F3N4O2/c1-18(7-9-6-17-19(2)8-9)11-4-3-10(13(14,15)16)5-12(11)20(21)22/h3-6,8H,7H2,1-2H3. The van der Waals surface area contributed by atoms with E-state index < -0.39 is 22.4 Å². The molecule has 0 saturated heterocycles. The zero-order chi connectivity index (χ0) is 16.5. The first-order valence-electron chi connectivity index (χ1n) is 6.23. The second-order valence-electron chi connectivity index (χ2n) is 4.84.